The van der Waals surface area contributed by atoms with Crippen molar-refractivity contribution >= 4 is 45.1 Å². The van der Waals surface area contributed by atoms with Gasteiger partial charge in [-0.2, -0.15) is 0 Å². The molecule has 0 fully saturated rings. The molecule has 1 aromatic carbocycles. The van der Waals surface area contributed by atoms with Crippen molar-refractivity contribution in [2.24, 2.45) is 0 Å². The molecule has 3 rings (SSSR count). The normalized spacial score (nSPS) is 10.8. The minimum Gasteiger partial charge on any atom is -0.242 e. The average Bonchev–Trinajstić information content (AvgIpc) is 2.39. The number of benzene rings is 1. The van der Waals surface area contributed by atoms with Gasteiger partial charge in [-0.15, -0.1) is 0 Å². The molecule has 0 aliphatic rings. The maximum absolute atomic E-state index is 6.04. The van der Waals surface area contributed by atoms with E-state index in [1.54, 1.807) is 12.4 Å². The molecule has 0 saturated heterocycles. The van der Waals surface area contributed by atoms with Crippen LogP contribution >= 0.6 is 34.2 Å². The van der Waals surface area contributed by atoms with Crippen molar-refractivity contribution in [2.75, 3.05) is 0 Å². The van der Waals surface area contributed by atoms with Gasteiger partial charge in [0, 0.05) is 26.9 Å². The van der Waals surface area contributed by atoms with Crippen LogP contribution in [0, 0.1) is 3.57 Å². The van der Waals surface area contributed by atoms with Crippen molar-refractivity contribution in [3.8, 4) is 11.4 Å². The highest BCUT2D eigenvalue weighted by Gasteiger charge is 2.06. The van der Waals surface area contributed by atoms with Crippen molar-refractivity contribution in [1.29, 1.82) is 0 Å². The molecule has 5 heteroatoms. The molecule has 0 amide bonds. The molecule has 2 heterocycles. The van der Waals surface area contributed by atoms with Crippen LogP contribution in [0.25, 0.3) is 22.3 Å². The summed E-state index contributed by atoms with van der Waals surface area (Å²) in [6.07, 6.45) is 3.42. The van der Waals surface area contributed by atoms with Gasteiger partial charge in [-0.05, 0) is 40.8 Å². The van der Waals surface area contributed by atoms with Gasteiger partial charge in [-0.25, -0.2) is 15.0 Å². The largest absolute Gasteiger partial charge is 0.242 e. The van der Waals surface area contributed by atoms with E-state index in [0.717, 1.165) is 14.5 Å². The lowest BCUT2D eigenvalue weighted by Gasteiger charge is -2.03. The number of rotatable bonds is 1. The lowest BCUT2D eigenvalue weighted by molar-refractivity contribution is 1.21. The quantitative estimate of drug-likeness (QED) is 0.483. The smallest absolute Gasteiger partial charge is 0.159 e. The van der Waals surface area contributed by atoms with Gasteiger partial charge < -0.3 is 0 Å². The third-order valence-corrected chi connectivity index (χ3v) is 3.48. The fraction of sp³-hybridized carbons (Fsp3) is 0. The SMILES string of the molecule is Clc1nccc2cnc(-c3cccc(I)c3)nc12. The van der Waals surface area contributed by atoms with E-state index >= 15 is 0 Å². The second-order valence-corrected chi connectivity index (χ2v) is 5.35. The summed E-state index contributed by atoms with van der Waals surface area (Å²) in [6.45, 7) is 0. The zero-order chi connectivity index (χ0) is 12.5. The van der Waals surface area contributed by atoms with Gasteiger partial charge in [-0.1, -0.05) is 23.7 Å². The van der Waals surface area contributed by atoms with Gasteiger partial charge in [0.05, 0.1) is 0 Å². The van der Waals surface area contributed by atoms with Crippen LogP contribution in [0.15, 0.2) is 42.7 Å². The topological polar surface area (TPSA) is 38.7 Å². The number of halogens is 2. The Hall–Kier alpha value is -1.27. The monoisotopic (exact) mass is 367 g/mol. The van der Waals surface area contributed by atoms with Crippen molar-refractivity contribution in [3.63, 3.8) is 0 Å². The van der Waals surface area contributed by atoms with E-state index in [2.05, 4.69) is 37.5 Å². The highest BCUT2D eigenvalue weighted by molar-refractivity contribution is 14.1. The highest BCUT2D eigenvalue weighted by Crippen LogP contribution is 2.23. The van der Waals surface area contributed by atoms with E-state index < -0.39 is 0 Å². The van der Waals surface area contributed by atoms with E-state index in [-0.39, 0.29) is 0 Å². The van der Waals surface area contributed by atoms with Crippen LogP contribution in [0.3, 0.4) is 0 Å². The van der Waals surface area contributed by atoms with Gasteiger partial charge in [0.2, 0.25) is 0 Å². The second kappa shape index (κ2) is 4.78. The first kappa shape index (κ1) is 11.8. The Morgan fingerprint density at radius 1 is 1.11 bits per heavy atom. The van der Waals surface area contributed by atoms with Crippen molar-refractivity contribution in [3.05, 3.63) is 51.4 Å². The molecule has 0 aliphatic heterocycles. The first-order valence-electron chi connectivity index (χ1n) is 5.27. The zero-order valence-corrected chi connectivity index (χ0v) is 12.1. The van der Waals surface area contributed by atoms with Crippen molar-refractivity contribution in [2.45, 2.75) is 0 Å². The third kappa shape index (κ3) is 2.18. The first-order chi connectivity index (χ1) is 8.74. The Morgan fingerprint density at radius 2 is 2.00 bits per heavy atom. The molecule has 3 nitrogen and oxygen atoms in total. The van der Waals surface area contributed by atoms with Gasteiger partial charge in [0.1, 0.15) is 5.52 Å². The van der Waals surface area contributed by atoms with Gasteiger partial charge in [0.15, 0.2) is 11.0 Å². The molecule has 0 bridgehead atoms. The number of pyridine rings is 1. The van der Waals surface area contributed by atoms with Crippen LogP contribution < -0.4 is 0 Å². The van der Waals surface area contributed by atoms with Crippen LogP contribution in [0.4, 0.5) is 0 Å². The summed E-state index contributed by atoms with van der Waals surface area (Å²) in [5.74, 6) is 0.663. The maximum atomic E-state index is 6.04. The van der Waals surface area contributed by atoms with E-state index in [9.17, 15) is 0 Å². The molecule has 18 heavy (non-hydrogen) atoms. The highest BCUT2D eigenvalue weighted by atomic mass is 127. The summed E-state index contributed by atoms with van der Waals surface area (Å²) in [6, 6.07) is 9.87. The standard InChI is InChI=1S/C13H7ClIN3/c14-12-11-9(4-5-16-12)7-17-13(18-11)8-2-1-3-10(15)6-8/h1-7H. The number of hydrogen-bond donors (Lipinski definition) is 0. The van der Waals surface area contributed by atoms with Gasteiger partial charge >= 0.3 is 0 Å². The van der Waals surface area contributed by atoms with Gasteiger partial charge in [0.25, 0.3) is 0 Å². The summed E-state index contributed by atoms with van der Waals surface area (Å²) in [4.78, 5) is 12.9. The fourth-order valence-electron chi connectivity index (χ4n) is 1.69. The molecule has 0 atom stereocenters. The number of nitrogens with zero attached hydrogens (tertiary/aromatic N) is 3. The molecule has 3 aromatic rings. The summed E-state index contributed by atoms with van der Waals surface area (Å²) in [5.41, 5.74) is 1.66. The zero-order valence-electron chi connectivity index (χ0n) is 9.14. The van der Waals surface area contributed by atoms with E-state index in [1.165, 1.54) is 0 Å². The van der Waals surface area contributed by atoms with Crippen LogP contribution in [0.1, 0.15) is 0 Å². The van der Waals surface area contributed by atoms with E-state index in [0.29, 0.717) is 16.5 Å². The van der Waals surface area contributed by atoms with Crippen LogP contribution in [-0.4, -0.2) is 15.0 Å². The third-order valence-electron chi connectivity index (χ3n) is 2.54. The maximum Gasteiger partial charge on any atom is 0.159 e. The minimum atomic E-state index is 0.404. The Bertz CT molecular complexity index is 730. The van der Waals surface area contributed by atoms with Crippen LogP contribution in [-0.2, 0) is 0 Å². The lowest BCUT2D eigenvalue weighted by atomic mass is 10.2. The first-order valence-corrected chi connectivity index (χ1v) is 6.73. The van der Waals surface area contributed by atoms with E-state index in [4.69, 9.17) is 11.6 Å². The average molecular weight is 368 g/mol. The Labute approximate surface area is 122 Å². The molecule has 0 unspecified atom stereocenters. The number of hydrogen-bond acceptors (Lipinski definition) is 3. The van der Waals surface area contributed by atoms with Crippen molar-refractivity contribution in [1.82, 2.24) is 15.0 Å². The molecule has 0 N–H and O–H groups in total. The Kier molecular flexibility index (Phi) is 3.13. The number of aromatic nitrogens is 3. The summed E-state index contributed by atoms with van der Waals surface area (Å²) >= 11 is 8.31. The lowest BCUT2D eigenvalue weighted by Crippen LogP contribution is -1.91. The molecule has 2 aromatic heterocycles. The molecule has 0 spiro atoms. The van der Waals surface area contributed by atoms with Crippen molar-refractivity contribution < 1.29 is 0 Å². The predicted molar refractivity (Wildman–Crippen MR) is 80.5 cm³/mol. The summed E-state index contributed by atoms with van der Waals surface area (Å²) in [7, 11) is 0. The number of fused-ring (bicyclic) bond motifs is 1. The minimum absolute atomic E-state index is 0.404. The van der Waals surface area contributed by atoms with Crippen LogP contribution in [0.2, 0.25) is 5.15 Å². The molecule has 88 valence electrons. The molecule has 0 radical (unpaired) electrons. The summed E-state index contributed by atoms with van der Waals surface area (Å²) < 4.78 is 1.14. The Morgan fingerprint density at radius 3 is 2.83 bits per heavy atom. The van der Waals surface area contributed by atoms with Gasteiger partial charge in [-0.3, -0.25) is 0 Å². The fourth-order valence-corrected chi connectivity index (χ4v) is 2.44. The molecule has 0 aliphatic carbocycles. The predicted octanol–water partition coefficient (Wildman–Crippen LogP) is 3.95. The molecular weight excluding hydrogens is 361 g/mol. The Balaban J connectivity index is 2.22. The van der Waals surface area contributed by atoms with Crippen LogP contribution in [0.5, 0.6) is 0 Å². The molecule has 0 saturated carbocycles. The second-order valence-electron chi connectivity index (χ2n) is 3.74. The molecular formula is C13H7ClIN3. The summed E-state index contributed by atoms with van der Waals surface area (Å²) in [5, 5.41) is 1.30. The van der Waals surface area contributed by atoms with E-state index in [1.807, 2.05) is 30.3 Å².